The molecule has 1 aromatic rings. The number of nitrogens with one attached hydrogen (secondary N) is 2. The van der Waals surface area contributed by atoms with Gasteiger partial charge in [-0.15, -0.1) is 8.78 Å². The molecule has 0 saturated carbocycles. The van der Waals surface area contributed by atoms with Gasteiger partial charge in [-0.1, -0.05) is 0 Å². The van der Waals surface area contributed by atoms with Gasteiger partial charge in [0.1, 0.15) is 5.54 Å². The number of amides is 4. The minimum absolute atomic E-state index is 0.0671. The molecule has 1 saturated heterocycles. The number of hydrogen-bond acceptors (Lipinski definition) is 6. The molecule has 2 aliphatic rings. The summed E-state index contributed by atoms with van der Waals surface area (Å²) in [5.41, 5.74) is -0.633. The second-order valence-corrected chi connectivity index (χ2v) is 7.55. The molecule has 4 amide bonds. The lowest BCUT2D eigenvalue weighted by Gasteiger charge is -2.15. The van der Waals surface area contributed by atoms with Gasteiger partial charge in [0.25, 0.3) is 5.91 Å². The third-order valence-corrected chi connectivity index (χ3v) is 4.76. The Morgan fingerprint density at radius 1 is 1.26 bits per heavy atom. The van der Waals surface area contributed by atoms with Crippen molar-refractivity contribution in [1.29, 1.82) is 0 Å². The molecular weight excluding hydrogens is 384 g/mol. The van der Waals surface area contributed by atoms with E-state index in [4.69, 9.17) is 0 Å². The summed E-state index contributed by atoms with van der Waals surface area (Å²) in [5.74, 6) is -0.485. The largest absolute Gasteiger partial charge is 0.586 e. The molecule has 1 aromatic carbocycles. The summed E-state index contributed by atoms with van der Waals surface area (Å²) in [7, 11) is 0. The molecule has 0 atom stereocenters. The third kappa shape index (κ3) is 4.24. The molecule has 0 bridgehead atoms. The van der Waals surface area contributed by atoms with Crippen molar-refractivity contribution in [3.8, 4) is 11.5 Å². The Balaban J connectivity index is 1.44. The van der Waals surface area contributed by atoms with E-state index in [1.165, 1.54) is 30.0 Å². The van der Waals surface area contributed by atoms with Crippen LogP contribution < -0.4 is 20.1 Å². The Bertz CT molecular complexity index is 802. The van der Waals surface area contributed by atoms with E-state index >= 15 is 0 Å². The second kappa shape index (κ2) is 6.87. The molecule has 2 heterocycles. The van der Waals surface area contributed by atoms with Crippen molar-refractivity contribution in [3.05, 3.63) is 18.2 Å². The van der Waals surface area contributed by atoms with E-state index in [1.807, 2.05) is 0 Å². The number of benzene rings is 1. The van der Waals surface area contributed by atoms with Gasteiger partial charge in [0.05, 0.1) is 5.75 Å². The van der Waals surface area contributed by atoms with Crippen LogP contribution in [0.2, 0.25) is 0 Å². The molecule has 0 aliphatic carbocycles. The maximum absolute atomic E-state index is 13.0. The molecule has 8 nitrogen and oxygen atoms in total. The van der Waals surface area contributed by atoms with E-state index in [9.17, 15) is 23.2 Å². The van der Waals surface area contributed by atoms with E-state index in [2.05, 4.69) is 20.1 Å². The van der Waals surface area contributed by atoms with Gasteiger partial charge >= 0.3 is 12.3 Å². The first-order chi connectivity index (χ1) is 12.6. The van der Waals surface area contributed by atoms with Gasteiger partial charge in [-0.3, -0.25) is 14.5 Å². The topological polar surface area (TPSA) is 97.0 Å². The van der Waals surface area contributed by atoms with Crippen molar-refractivity contribution >= 4 is 35.3 Å². The van der Waals surface area contributed by atoms with Crippen LogP contribution in [0.3, 0.4) is 0 Å². The van der Waals surface area contributed by atoms with E-state index in [1.54, 1.807) is 13.8 Å². The Morgan fingerprint density at radius 3 is 2.63 bits per heavy atom. The molecular formula is C16H17F2N3O5S. The fraction of sp³-hybridized carbons (Fsp3) is 0.438. The molecule has 0 unspecified atom stereocenters. The first-order valence-corrected chi connectivity index (χ1v) is 9.14. The minimum atomic E-state index is -3.71. The third-order valence-electron chi connectivity index (χ3n) is 3.82. The zero-order valence-electron chi connectivity index (χ0n) is 14.5. The van der Waals surface area contributed by atoms with Crippen molar-refractivity contribution in [1.82, 2.24) is 10.2 Å². The maximum atomic E-state index is 13.0. The SMILES string of the molecule is CC1(C)NC(=O)N(CCSCC(=O)Nc2ccc3c(c2)OC(F)(F)O3)C1=O. The number of carbonyl (C=O) groups is 3. The van der Waals surface area contributed by atoms with Crippen molar-refractivity contribution < 1.29 is 32.6 Å². The van der Waals surface area contributed by atoms with Gasteiger partial charge in [-0.25, -0.2) is 4.79 Å². The number of fused-ring (bicyclic) bond motifs is 1. The number of urea groups is 1. The van der Waals surface area contributed by atoms with Crippen LogP contribution in [0.25, 0.3) is 0 Å². The number of alkyl halides is 2. The highest BCUT2D eigenvalue weighted by atomic mass is 32.2. The number of carbonyl (C=O) groups excluding carboxylic acids is 3. The normalized spacial score (nSPS) is 19.2. The standard InChI is InChI=1S/C16H17F2N3O5S/c1-15(2)13(23)21(14(24)20-15)5-6-27-8-12(22)19-9-3-4-10-11(7-9)26-16(17,18)25-10/h3-4,7H,5-6,8H2,1-2H3,(H,19,22)(H,20,24). The Hall–Kier alpha value is -2.56. The number of hydrogen-bond donors (Lipinski definition) is 2. The molecule has 146 valence electrons. The zero-order chi connectivity index (χ0) is 19.8. The Kier molecular flexibility index (Phi) is 4.89. The lowest BCUT2D eigenvalue weighted by molar-refractivity contribution is -0.286. The lowest BCUT2D eigenvalue weighted by Crippen LogP contribution is -2.40. The number of rotatable bonds is 6. The number of halogens is 2. The average molecular weight is 401 g/mol. The molecule has 0 spiro atoms. The molecule has 0 radical (unpaired) electrons. The highest BCUT2D eigenvalue weighted by molar-refractivity contribution is 7.99. The van der Waals surface area contributed by atoms with Crippen LogP contribution in [0.5, 0.6) is 11.5 Å². The summed E-state index contributed by atoms with van der Waals surface area (Å²) < 4.78 is 34.6. The van der Waals surface area contributed by atoms with E-state index in [0.29, 0.717) is 5.75 Å². The van der Waals surface area contributed by atoms with E-state index in [0.717, 1.165) is 4.90 Å². The van der Waals surface area contributed by atoms with Crippen LogP contribution >= 0.6 is 11.8 Å². The molecule has 2 N–H and O–H groups in total. The summed E-state index contributed by atoms with van der Waals surface area (Å²) in [6.45, 7) is 3.43. The van der Waals surface area contributed by atoms with Gasteiger partial charge in [-0.2, -0.15) is 11.8 Å². The van der Waals surface area contributed by atoms with Crippen molar-refractivity contribution in [2.45, 2.75) is 25.7 Å². The van der Waals surface area contributed by atoms with Crippen LogP contribution in [0.15, 0.2) is 18.2 Å². The fourth-order valence-corrected chi connectivity index (χ4v) is 3.28. The maximum Gasteiger partial charge on any atom is 0.586 e. The highest BCUT2D eigenvalue weighted by Gasteiger charge is 2.44. The van der Waals surface area contributed by atoms with Gasteiger partial charge in [0, 0.05) is 24.1 Å². The van der Waals surface area contributed by atoms with Crippen molar-refractivity contribution in [2.24, 2.45) is 0 Å². The number of imide groups is 1. The highest BCUT2D eigenvalue weighted by Crippen LogP contribution is 2.42. The monoisotopic (exact) mass is 401 g/mol. The quantitative estimate of drug-likeness (QED) is 0.559. The van der Waals surface area contributed by atoms with Crippen molar-refractivity contribution in [2.75, 3.05) is 23.4 Å². The predicted molar refractivity (Wildman–Crippen MR) is 92.9 cm³/mol. The number of ether oxygens (including phenoxy) is 2. The molecule has 3 rings (SSSR count). The molecule has 27 heavy (non-hydrogen) atoms. The summed E-state index contributed by atoms with van der Waals surface area (Å²) in [6.07, 6.45) is -3.71. The van der Waals surface area contributed by atoms with Gasteiger partial charge in [-0.05, 0) is 26.0 Å². The van der Waals surface area contributed by atoms with E-state index in [-0.39, 0.29) is 41.3 Å². The summed E-state index contributed by atoms with van der Waals surface area (Å²) in [4.78, 5) is 36.8. The van der Waals surface area contributed by atoms with Crippen LogP contribution in [0.4, 0.5) is 19.3 Å². The summed E-state index contributed by atoms with van der Waals surface area (Å²) in [6, 6.07) is 3.49. The average Bonchev–Trinajstić information content (AvgIpc) is 2.95. The van der Waals surface area contributed by atoms with Crippen LogP contribution in [0, 0.1) is 0 Å². The lowest BCUT2D eigenvalue weighted by atomic mass is 10.1. The number of nitrogens with zero attached hydrogens (tertiary/aromatic N) is 1. The van der Waals surface area contributed by atoms with Crippen molar-refractivity contribution in [3.63, 3.8) is 0 Å². The first-order valence-electron chi connectivity index (χ1n) is 7.99. The molecule has 1 fully saturated rings. The number of anilines is 1. The smallest absolute Gasteiger partial charge is 0.395 e. The molecule has 2 aliphatic heterocycles. The predicted octanol–water partition coefficient (Wildman–Crippen LogP) is 2.01. The first kappa shape index (κ1) is 19.2. The fourth-order valence-electron chi connectivity index (χ4n) is 2.57. The number of thioether (sulfide) groups is 1. The molecule has 11 heteroatoms. The Morgan fingerprint density at radius 2 is 1.96 bits per heavy atom. The summed E-state index contributed by atoms with van der Waals surface area (Å²) in [5, 5.41) is 5.13. The zero-order valence-corrected chi connectivity index (χ0v) is 15.3. The van der Waals surface area contributed by atoms with E-state index < -0.39 is 17.9 Å². The van der Waals surface area contributed by atoms with Crippen LogP contribution in [-0.2, 0) is 9.59 Å². The van der Waals surface area contributed by atoms with Crippen LogP contribution in [-0.4, -0.2) is 52.6 Å². The van der Waals surface area contributed by atoms with Gasteiger partial charge < -0.3 is 20.1 Å². The second-order valence-electron chi connectivity index (χ2n) is 6.44. The van der Waals surface area contributed by atoms with Gasteiger partial charge in [0.2, 0.25) is 5.91 Å². The summed E-state index contributed by atoms with van der Waals surface area (Å²) >= 11 is 1.23. The minimum Gasteiger partial charge on any atom is -0.395 e. The van der Waals surface area contributed by atoms with Gasteiger partial charge in [0.15, 0.2) is 11.5 Å². The van der Waals surface area contributed by atoms with Crippen LogP contribution in [0.1, 0.15) is 13.8 Å². The molecule has 0 aromatic heterocycles. The Labute approximate surface area is 157 Å².